The molecule has 6 heteroatoms. The molecule has 0 aliphatic heterocycles. The zero-order valence-electron chi connectivity index (χ0n) is 9.09. The summed E-state index contributed by atoms with van der Waals surface area (Å²) in [7, 11) is 0. The minimum Gasteiger partial charge on any atom is -0.395 e. The zero-order chi connectivity index (χ0) is 12.0. The third-order valence-electron chi connectivity index (χ3n) is 2.34. The molecular formula is C10H18F3NO2. The molecule has 3 nitrogen and oxygen atoms in total. The van der Waals surface area contributed by atoms with Gasteiger partial charge in [-0.3, -0.25) is 0 Å². The predicted molar refractivity (Wildman–Crippen MR) is 53.1 cm³/mol. The average Bonchev–Trinajstić information content (AvgIpc) is 2.97. The van der Waals surface area contributed by atoms with Gasteiger partial charge in [0, 0.05) is 19.1 Å². The molecule has 0 bridgehead atoms. The molecule has 1 saturated carbocycles. The largest absolute Gasteiger partial charge is 0.395 e. The van der Waals surface area contributed by atoms with E-state index in [1.165, 1.54) is 0 Å². The molecule has 1 aliphatic carbocycles. The lowest BCUT2D eigenvalue weighted by molar-refractivity contribution is -0.138. The Morgan fingerprint density at radius 2 is 2.06 bits per heavy atom. The molecule has 0 aromatic rings. The summed E-state index contributed by atoms with van der Waals surface area (Å²) in [5, 5.41) is 12.1. The van der Waals surface area contributed by atoms with Crippen molar-refractivity contribution in [1.29, 1.82) is 0 Å². The van der Waals surface area contributed by atoms with E-state index in [9.17, 15) is 13.2 Å². The fourth-order valence-electron chi connectivity index (χ4n) is 1.34. The van der Waals surface area contributed by atoms with Crippen molar-refractivity contribution >= 4 is 0 Å². The fraction of sp³-hybridized carbons (Fsp3) is 1.00. The monoisotopic (exact) mass is 241 g/mol. The van der Waals surface area contributed by atoms with Crippen molar-refractivity contribution < 1.29 is 23.0 Å². The number of nitrogens with one attached hydrogen (secondary N) is 1. The van der Waals surface area contributed by atoms with Gasteiger partial charge in [0.2, 0.25) is 0 Å². The standard InChI is InChI=1S/C10H18F3NO2/c11-10(12,13)4-1-5-16-7-9(6-15)14-8-2-3-8/h8-9,14-15H,1-7H2. The van der Waals surface area contributed by atoms with Gasteiger partial charge in [-0.2, -0.15) is 13.2 Å². The van der Waals surface area contributed by atoms with Gasteiger partial charge < -0.3 is 15.2 Å². The molecule has 0 saturated heterocycles. The molecule has 16 heavy (non-hydrogen) atoms. The summed E-state index contributed by atoms with van der Waals surface area (Å²) >= 11 is 0. The van der Waals surface area contributed by atoms with Crippen LogP contribution in [0.2, 0.25) is 0 Å². The molecule has 1 atom stereocenters. The van der Waals surface area contributed by atoms with Crippen LogP contribution in [0.25, 0.3) is 0 Å². The Bertz CT molecular complexity index is 195. The third-order valence-corrected chi connectivity index (χ3v) is 2.34. The maximum atomic E-state index is 11.8. The van der Waals surface area contributed by atoms with Crippen LogP contribution in [0.15, 0.2) is 0 Å². The van der Waals surface area contributed by atoms with Gasteiger partial charge in [-0.1, -0.05) is 0 Å². The van der Waals surface area contributed by atoms with Gasteiger partial charge in [0.05, 0.1) is 19.3 Å². The summed E-state index contributed by atoms with van der Waals surface area (Å²) in [4.78, 5) is 0. The maximum Gasteiger partial charge on any atom is 0.389 e. The molecule has 0 aromatic carbocycles. The first-order valence-electron chi connectivity index (χ1n) is 5.52. The lowest BCUT2D eigenvalue weighted by Crippen LogP contribution is -2.38. The topological polar surface area (TPSA) is 41.5 Å². The van der Waals surface area contributed by atoms with Gasteiger partial charge >= 0.3 is 6.18 Å². The molecule has 0 spiro atoms. The van der Waals surface area contributed by atoms with Gasteiger partial charge in [-0.25, -0.2) is 0 Å². The fourth-order valence-corrected chi connectivity index (χ4v) is 1.34. The van der Waals surface area contributed by atoms with Crippen LogP contribution in [0.3, 0.4) is 0 Å². The number of ether oxygens (including phenoxy) is 1. The summed E-state index contributed by atoms with van der Waals surface area (Å²) < 4.78 is 40.4. The van der Waals surface area contributed by atoms with Crippen molar-refractivity contribution in [2.24, 2.45) is 0 Å². The highest BCUT2D eigenvalue weighted by Crippen LogP contribution is 2.21. The Kier molecular flexibility index (Phi) is 5.51. The highest BCUT2D eigenvalue weighted by Gasteiger charge is 2.26. The van der Waals surface area contributed by atoms with Crippen LogP contribution in [-0.4, -0.2) is 43.2 Å². The van der Waals surface area contributed by atoms with E-state index in [0.717, 1.165) is 12.8 Å². The van der Waals surface area contributed by atoms with E-state index in [4.69, 9.17) is 9.84 Å². The second-order valence-corrected chi connectivity index (χ2v) is 4.11. The molecule has 1 aliphatic rings. The summed E-state index contributed by atoms with van der Waals surface area (Å²) in [6.45, 7) is 0.309. The average molecular weight is 241 g/mol. The third kappa shape index (κ3) is 7.03. The predicted octanol–water partition coefficient (Wildman–Crippen LogP) is 1.46. The SMILES string of the molecule is OCC(COCCCC(F)(F)F)NC1CC1. The smallest absolute Gasteiger partial charge is 0.389 e. The Labute approximate surface area is 93.0 Å². The van der Waals surface area contributed by atoms with E-state index >= 15 is 0 Å². The van der Waals surface area contributed by atoms with Crippen LogP contribution < -0.4 is 5.32 Å². The van der Waals surface area contributed by atoms with Crippen LogP contribution in [0, 0.1) is 0 Å². The van der Waals surface area contributed by atoms with Crippen LogP contribution >= 0.6 is 0 Å². The first-order valence-corrected chi connectivity index (χ1v) is 5.52. The molecule has 0 aromatic heterocycles. The summed E-state index contributed by atoms with van der Waals surface area (Å²) in [6.07, 6.45) is -2.74. The van der Waals surface area contributed by atoms with Crippen LogP contribution in [0.4, 0.5) is 13.2 Å². The van der Waals surface area contributed by atoms with Crippen molar-refractivity contribution in [1.82, 2.24) is 5.32 Å². The Morgan fingerprint density at radius 3 is 2.56 bits per heavy atom. The maximum absolute atomic E-state index is 11.8. The van der Waals surface area contributed by atoms with E-state index in [2.05, 4.69) is 5.32 Å². The molecule has 1 unspecified atom stereocenters. The number of rotatable bonds is 8. The second kappa shape index (κ2) is 6.42. The number of aliphatic hydroxyl groups is 1. The molecule has 0 radical (unpaired) electrons. The molecule has 2 N–H and O–H groups in total. The van der Waals surface area contributed by atoms with E-state index in [1.54, 1.807) is 0 Å². The van der Waals surface area contributed by atoms with E-state index in [0.29, 0.717) is 6.04 Å². The van der Waals surface area contributed by atoms with Gasteiger partial charge in [0.15, 0.2) is 0 Å². The first kappa shape index (κ1) is 13.7. The molecule has 1 fully saturated rings. The molecule has 1 rings (SSSR count). The highest BCUT2D eigenvalue weighted by atomic mass is 19.4. The van der Waals surface area contributed by atoms with Gasteiger partial charge in [-0.05, 0) is 19.3 Å². The highest BCUT2D eigenvalue weighted by molar-refractivity contribution is 4.84. The van der Waals surface area contributed by atoms with Crippen molar-refractivity contribution in [3.8, 4) is 0 Å². The van der Waals surface area contributed by atoms with Crippen LogP contribution in [-0.2, 0) is 4.74 Å². The number of hydrogen-bond acceptors (Lipinski definition) is 3. The minimum atomic E-state index is -4.11. The summed E-state index contributed by atoms with van der Waals surface area (Å²) in [5.41, 5.74) is 0. The normalized spacial score (nSPS) is 18.8. The van der Waals surface area contributed by atoms with E-state index < -0.39 is 12.6 Å². The zero-order valence-corrected chi connectivity index (χ0v) is 9.09. The number of halogens is 3. The lowest BCUT2D eigenvalue weighted by Gasteiger charge is -2.16. The summed E-state index contributed by atoms with van der Waals surface area (Å²) in [5.74, 6) is 0. The number of aliphatic hydroxyl groups excluding tert-OH is 1. The van der Waals surface area contributed by atoms with Crippen LogP contribution in [0.1, 0.15) is 25.7 Å². The van der Waals surface area contributed by atoms with Crippen molar-refractivity contribution in [3.05, 3.63) is 0 Å². The molecule has 96 valence electrons. The Balaban J connectivity index is 1.95. The number of hydrogen-bond donors (Lipinski definition) is 2. The molecule has 0 amide bonds. The van der Waals surface area contributed by atoms with E-state index in [-0.39, 0.29) is 32.3 Å². The molecular weight excluding hydrogens is 223 g/mol. The second-order valence-electron chi connectivity index (χ2n) is 4.11. The molecule has 0 heterocycles. The number of alkyl halides is 3. The van der Waals surface area contributed by atoms with Gasteiger partial charge in [0.1, 0.15) is 0 Å². The van der Waals surface area contributed by atoms with Gasteiger partial charge in [0.25, 0.3) is 0 Å². The minimum absolute atomic E-state index is 0.0227. The first-order chi connectivity index (χ1) is 7.51. The van der Waals surface area contributed by atoms with Crippen LogP contribution in [0.5, 0.6) is 0 Å². The Hall–Kier alpha value is -0.330. The van der Waals surface area contributed by atoms with Gasteiger partial charge in [-0.15, -0.1) is 0 Å². The quantitative estimate of drug-likeness (QED) is 0.632. The van der Waals surface area contributed by atoms with Crippen molar-refractivity contribution in [2.75, 3.05) is 19.8 Å². The van der Waals surface area contributed by atoms with Crippen molar-refractivity contribution in [2.45, 2.75) is 43.9 Å². The van der Waals surface area contributed by atoms with Crippen molar-refractivity contribution in [3.63, 3.8) is 0 Å². The van der Waals surface area contributed by atoms with E-state index in [1.807, 2.05) is 0 Å². The summed E-state index contributed by atoms with van der Waals surface area (Å²) in [6, 6.07) is 0.300. The Morgan fingerprint density at radius 1 is 1.38 bits per heavy atom. The lowest BCUT2D eigenvalue weighted by atomic mass is 10.3.